The van der Waals surface area contributed by atoms with Crippen molar-refractivity contribution in [1.29, 1.82) is 0 Å². The first kappa shape index (κ1) is 20.8. The normalized spacial score (nSPS) is 23.3. The van der Waals surface area contributed by atoms with E-state index in [2.05, 4.69) is 25.4 Å². The fraction of sp³-hybridized carbons (Fsp3) is 0.500. The summed E-state index contributed by atoms with van der Waals surface area (Å²) in [6, 6.07) is 2.20. The highest BCUT2D eigenvalue weighted by molar-refractivity contribution is 5.71. The fourth-order valence-corrected chi connectivity index (χ4v) is 4.76. The van der Waals surface area contributed by atoms with Crippen LogP contribution in [0.2, 0.25) is 0 Å². The number of nitrogens with one attached hydrogen (secondary N) is 1. The van der Waals surface area contributed by atoms with Gasteiger partial charge in [-0.1, -0.05) is 0 Å². The SMILES string of the molecule is FC(F)Cn1ncc2ncc(N[C@@H]3C[C@@H]4CN(c5cc(C(F)(F)F)ccn5)C[C@@H]4C3)nc21. The van der Waals surface area contributed by atoms with E-state index in [1.807, 2.05) is 4.90 Å². The lowest BCUT2D eigenvalue weighted by atomic mass is 10.0. The van der Waals surface area contributed by atoms with E-state index in [0.29, 0.717) is 47.7 Å². The number of alkyl halides is 5. The Bertz CT molecular complexity index is 1100. The van der Waals surface area contributed by atoms with Crippen LogP contribution in [0.4, 0.5) is 33.6 Å². The fourth-order valence-electron chi connectivity index (χ4n) is 4.76. The van der Waals surface area contributed by atoms with Crippen LogP contribution >= 0.6 is 0 Å². The molecule has 1 saturated heterocycles. The van der Waals surface area contributed by atoms with E-state index in [4.69, 9.17) is 0 Å². The van der Waals surface area contributed by atoms with Crippen LogP contribution < -0.4 is 10.2 Å². The number of fused-ring (bicyclic) bond motifs is 2. The van der Waals surface area contributed by atoms with Crippen LogP contribution in [0.3, 0.4) is 0 Å². The molecule has 1 aliphatic heterocycles. The standard InChI is InChI=1S/C20H20F5N7/c21-16(22)10-32-19-15(6-28-32)27-7-17(30-19)29-14-3-11-8-31(9-12(11)4-14)18-5-13(1-2-26-18)20(23,24)25/h1-2,5-7,11-12,14,16H,3-4,8-10H2,(H,29,30)/t11-,12+,14-. The van der Waals surface area contributed by atoms with Crippen LogP contribution in [-0.4, -0.2) is 50.3 Å². The third-order valence-electron chi connectivity index (χ3n) is 6.16. The Morgan fingerprint density at radius 2 is 1.84 bits per heavy atom. The molecule has 7 nitrogen and oxygen atoms in total. The first-order valence-corrected chi connectivity index (χ1v) is 10.3. The van der Waals surface area contributed by atoms with Crippen LogP contribution in [0.5, 0.6) is 0 Å². The molecule has 1 saturated carbocycles. The maximum atomic E-state index is 13.0. The van der Waals surface area contributed by atoms with Crippen molar-refractivity contribution in [2.75, 3.05) is 23.3 Å². The predicted molar refractivity (Wildman–Crippen MR) is 106 cm³/mol. The first-order valence-electron chi connectivity index (χ1n) is 10.3. The molecule has 2 fully saturated rings. The lowest BCUT2D eigenvalue weighted by Crippen LogP contribution is -2.26. The highest BCUT2D eigenvalue weighted by Crippen LogP contribution is 2.41. The first-order chi connectivity index (χ1) is 15.3. The summed E-state index contributed by atoms with van der Waals surface area (Å²) in [5.41, 5.74) is 0.0539. The highest BCUT2D eigenvalue weighted by Gasteiger charge is 2.42. The van der Waals surface area contributed by atoms with Gasteiger partial charge in [0.2, 0.25) is 0 Å². The van der Waals surface area contributed by atoms with Gasteiger partial charge in [0.15, 0.2) is 5.65 Å². The number of hydrogen-bond donors (Lipinski definition) is 1. The van der Waals surface area contributed by atoms with E-state index in [-0.39, 0.29) is 6.04 Å². The lowest BCUT2D eigenvalue weighted by Gasteiger charge is -2.21. The number of aromatic nitrogens is 5. The molecule has 5 rings (SSSR count). The summed E-state index contributed by atoms with van der Waals surface area (Å²) < 4.78 is 65.6. The minimum absolute atomic E-state index is 0.125. The van der Waals surface area contributed by atoms with Gasteiger partial charge in [0, 0.05) is 25.3 Å². The summed E-state index contributed by atoms with van der Waals surface area (Å²) in [4.78, 5) is 14.7. The molecule has 0 bridgehead atoms. The van der Waals surface area contributed by atoms with Crippen LogP contribution in [0.15, 0.2) is 30.7 Å². The Hall–Kier alpha value is -3.05. The van der Waals surface area contributed by atoms with Crippen molar-refractivity contribution in [2.24, 2.45) is 11.8 Å². The number of nitrogens with zero attached hydrogens (tertiary/aromatic N) is 6. The van der Waals surface area contributed by atoms with Gasteiger partial charge >= 0.3 is 6.18 Å². The predicted octanol–water partition coefficient (Wildman–Crippen LogP) is 3.83. The summed E-state index contributed by atoms with van der Waals surface area (Å²) in [7, 11) is 0. The Kier molecular flexibility index (Phi) is 5.09. The molecule has 32 heavy (non-hydrogen) atoms. The average molecular weight is 453 g/mol. The minimum Gasteiger partial charge on any atom is -0.366 e. The zero-order valence-corrected chi connectivity index (χ0v) is 16.8. The van der Waals surface area contributed by atoms with Gasteiger partial charge in [-0.3, -0.25) is 0 Å². The number of hydrogen-bond acceptors (Lipinski definition) is 6. The number of halogens is 5. The van der Waals surface area contributed by atoms with E-state index in [1.165, 1.54) is 12.4 Å². The van der Waals surface area contributed by atoms with E-state index < -0.39 is 24.7 Å². The maximum absolute atomic E-state index is 13.0. The second-order valence-electron chi connectivity index (χ2n) is 8.32. The molecule has 1 N–H and O–H groups in total. The molecular formula is C20H20F5N7. The smallest absolute Gasteiger partial charge is 0.366 e. The van der Waals surface area contributed by atoms with Gasteiger partial charge in [-0.15, -0.1) is 0 Å². The van der Waals surface area contributed by atoms with Gasteiger partial charge in [0.1, 0.15) is 23.7 Å². The van der Waals surface area contributed by atoms with Crippen molar-refractivity contribution in [1.82, 2.24) is 24.7 Å². The van der Waals surface area contributed by atoms with Crippen molar-refractivity contribution < 1.29 is 22.0 Å². The molecule has 1 aliphatic carbocycles. The topological polar surface area (TPSA) is 71.8 Å². The van der Waals surface area contributed by atoms with Crippen molar-refractivity contribution in [3.8, 4) is 0 Å². The molecule has 170 valence electrons. The molecule has 0 unspecified atom stereocenters. The quantitative estimate of drug-likeness (QED) is 0.592. The minimum atomic E-state index is -4.39. The molecule has 0 aromatic carbocycles. The van der Waals surface area contributed by atoms with Gasteiger partial charge in [0.25, 0.3) is 6.43 Å². The van der Waals surface area contributed by atoms with Crippen molar-refractivity contribution in [3.05, 3.63) is 36.3 Å². The Labute approximate surface area is 179 Å². The number of pyridine rings is 1. The summed E-state index contributed by atoms with van der Waals surface area (Å²) in [6.45, 7) is 0.737. The molecule has 4 heterocycles. The second kappa shape index (κ2) is 7.82. The Morgan fingerprint density at radius 3 is 2.53 bits per heavy atom. The molecule has 2 aliphatic rings. The summed E-state index contributed by atoms with van der Waals surface area (Å²) in [6.07, 6.45) is -1.11. The molecule has 0 amide bonds. The lowest BCUT2D eigenvalue weighted by molar-refractivity contribution is -0.137. The van der Waals surface area contributed by atoms with Gasteiger partial charge < -0.3 is 10.2 Å². The highest BCUT2D eigenvalue weighted by atomic mass is 19.4. The van der Waals surface area contributed by atoms with Crippen molar-refractivity contribution >= 4 is 22.8 Å². The maximum Gasteiger partial charge on any atom is 0.416 e. The average Bonchev–Trinajstić information content (AvgIpc) is 3.41. The molecule has 0 radical (unpaired) electrons. The van der Waals surface area contributed by atoms with Crippen LogP contribution in [0, 0.1) is 11.8 Å². The number of anilines is 2. The molecule has 12 heteroatoms. The summed E-state index contributed by atoms with van der Waals surface area (Å²) in [5.74, 6) is 1.49. The van der Waals surface area contributed by atoms with Crippen LogP contribution in [0.25, 0.3) is 11.2 Å². The third kappa shape index (κ3) is 4.05. The molecular weight excluding hydrogens is 433 g/mol. The van der Waals surface area contributed by atoms with Crippen LogP contribution in [-0.2, 0) is 12.7 Å². The van der Waals surface area contributed by atoms with Gasteiger partial charge in [0.05, 0.1) is 18.0 Å². The monoisotopic (exact) mass is 453 g/mol. The van der Waals surface area contributed by atoms with Gasteiger partial charge in [-0.05, 0) is 36.8 Å². The van der Waals surface area contributed by atoms with E-state index in [0.717, 1.165) is 29.7 Å². The van der Waals surface area contributed by atoms with Crippen LogP contribution in [0.1, 0.15) is 18.4 Å². The Balaban J connectivity index is 1.23. The number of rotatable bonds is 5. The molecule has 3 aromatic rings. The van der Waals surface area contributed by atoms with Gasteiger partial charge in [-0.25, -0.2) is 28.4 Å². The zero-order chi connectivity index (χ0) is 22.5. The van der Waals surface area contributed by atoms with Crippen molar-refractivity contribution in [2.45, 2.75) is 38.0 Å². The van der Waals surface area contributed by atoms with E-state index in [1.54, 1.807) is 6.20 Å². The van der Waals surface area contributed by atoms with Crippen molar-refractivity contribution in [3.63, 3.8) is 0 Å². The summed E-state index contributed by atoms with van der Waals surface area (Å²) >= 11 is 0. The van der Waals surface area contributed by atoms with Gasteiger partial charge in [-0.2, -0.15) is 18.3 Å². The molecule has 3 aromatic heterocycles. The van der Waals surface area contributed by atoms with E-state index >= 15 is 0 Å². The third-order valence-corrected chi connectivity index (χ3v) is 6.16. The summed E-state index contributed by atoms with van der Waals surface area (Å²) in [5, 5.41) is 7.25. The Morgan fingerprint density at radius 1 is 1.09 bits per heavy atom. The zero-order valence-electron chi connectivity index (χ0n) is 16.8. The molecule has 0 spiro atoms. The largest absolute Gasteiger partial charge is 0.416 e. The molecule has 3 atom stereocenters. The second-order valence-corrected chi connectivity index (χ2v) is 8.32. The van der Waals surface area contributed by atoms with E-state index in [9.17, 15) is 22.0 Å².